The molecule has 8 nitrogen and oxygen atoms in total. The number of ether oxygens (including phenoxy) is 3. The van der Waals surface area contributed by atoms with Gasteiger partial charge in [-0.1, -0.05) is 13.8 Å². The largest absolute Gasteiger partial charge is 0.497 e. The number of hydrogen-bond acceptors (Lipinski definition) is 6. The fraction of sp³-hybridized carbons (Fsp3) is 0.522. The van der Waals surface area contributed by atoms with E-state index in [-0.39, 0.29) is 25.4 Å². The summed E-state index contributed by atoms with van der Waals surface area (Å²) in [4.78, 5) is 26.7. The van der Waals surface area contributed by atoms with Crippen LogP contribution in [0.2, 0.25) is 0 Å². The molecule has 1 amide bonds. The number of esters is 1. The van der Waals surface area contributed by atoms with Gasteiger partial charge in [-0.15, -0.1) is 0 Å². The number of nitrogens with zero attached hydrogens (tertiary/aromatic N) is 3. The zero-order valence-electron chi connectivity index (χ0n) is 19.5. The summed E-state index contributed by atoms with van der Waals surface area (Å²) >= 11 is 0. The Bertz CT molecular complexity index is 898. The molecule has 0 saturated carbocycles. The second-order valence-corrected chi connectivity index (χ2v) is 7.95. The first kappa shape index (κ1) is 24.2. The normalized spacial score (nSPS) is 10.8. The molecule has 0 radical (unpaired) electrons. The number of methoxy groups -OCH3 is 3. The Balaban J connectivity index is 2.29. The lowest BCUT2D eigenvalue weighted by Crippen LogP contribution is -2.37. The van der Waals surface area contributed by atoms with Crippen molar-refractivity contribution < 1.29 is 23.8 Å². The maximum atomic E-state index is 13.2. The smallest absolute Gasteiger partial charge is 0.325 e. The van der Waals surface area contributed by atoms with Crippen molar-refractivity contribution in [3.63, 3.8) is 0 Å². The number of amides is 1. The molecule has 0 aliphatic heterocycles. The summed E-state index contributed by atoms with van der Waals surface area (Å²) in [5.41, 5.74) is 3.48. The Hall–Kier alpha value is -3.03. The van der Waals surface area contributed by atoms with Crippen LogP contribution in [0.3, 0.4) is 0 Å². The summed E-state index contributed by atoms with van der Waals surface area (Å²) in [6, 6.07) is 5.39. The molecule has 0 N–H and O–H groups in total. The number of hydrogen-bond donors (Lipinski definition) is 0. The van der Waals surface area contributed by atoms with E-state index in [0.29, 0.717) is 17.4 Å². The third-order valence-electron chi connectivity index (χ3n) is 5.08. The van der Waals surface area contributed by atoms with E-state index in [2.05, 4.69) is 18.9 Å². The van der Waals surface area contributed by atoms with Crippen LogP contribution in [0.25, 0.3) is 0 Å². The van der Waals surface area contributed by atoms with Crippen LogP contribution >= 0.6 is 0 Å². The van der Waals surface area contributed by atoms with Crippen LogP contribution in [0, 0.1) is 19.8 Å². The highest BCUT2D eigenvalue weighted by molar-refractivity contribution is 5.84. The maximum Gasteiger partial charge on any atom is 0.325 e. The third kappa shape index (κ3) is 6.47. The first-order valence-electron chi connectivity index (χ1n) is 10.3. The zero-order chi connectivity index (χ0) is 23.1. The summed E-state index contributed by atoms with van der Waals surface area (Å²) in [5, 5.41) is 4.59. The molecule has 31 heavy (non-hydrogen) atoms. The summed E-state index contributed by atoms with van der Waals surface area (Å²) in [6.07, 6.45) is 0.161. The van der Waals surface area contributed by atoms with Gasteiger partial charge in [0.15, 0.2) is 0 Å². The second-order valence-electron chi connectivity index (χ2n) is 7.95. The molecule has 0 spiro atoms. The van der Waals surface area contributed by atoms with Crippen LogP contribution in [-0.4, -0.2) is 54.4 Å². The molecule has 0 aliphatic carbocycles. The van der Waals surface area contributed by atoms with Crippen molar-refractivity contribution in [2.75, 3.05) is 27.9 Å². The van der Waals surface area contributed by atoms with E-state index in [1.165, 1.54) is 12.0 Å². The van der Waals surface area contributed by atoms with Gasteiger partial charge in [0.2, 0.25) is 5.91 Å². The zero-order valence-corrected chi connectivity index (χ0v) is 19.5. The first-order chi connectivity index (χ1) is 14.7. The first-order valence-corrected chi connectivity index (χ1v) is 10.3. The van der Waals surface area contributed by atoms with Gasteiger partial charge in [-0.05, 0) is 37.5 Å². The SMILES string of the molecule is COC(=O)CN(Cc1cc(OC)cc(OC)c1)C(=O)Cc1c(C)nn(CC(C)C)c1C. The van der Waals surface area contributed by atoms with Crippen LogP contribution < -0.4 is 9.47 Å². The molecule has 0 aliphatic rings. The van der Waals surface area contributed by atoms with Crippen molar-refractivity contribution in [2.24, 2.45) is 5.92 Å². The van der Waals surface area contributed by atoms with Gasteiger partial charge in [-0.3, -0.25) is 14.3 Å². The maximum absolute atomic E-state index is 13.2. The lowest BCUT2D eigenvalue weighted by molar-refractivity contribution is -0.147. The van der Waals surface area contributed by atoms with Gasteiger partial charge in [-0.25, -0.2) is 0 Å². The van der Waals surface area contributed by atoms with E-state index < -0.39 is 5.97 Å². The van der Waals surface area contributed by atoms with E-state index in [9.17, 15) is 9.59 Å². The molecule has 0 fully saturated rings. The average Bonchev–Trinajstić information content (AvgIpc) is 2.99. The summed E-state index contributed by atoms with van der Waals surface area (Å²) in [7, 11) is 4.44. The molecule has 0 bridgehead atoms. The van der Waals surface area contributed by atoms with Gasteiger partial charge < -0.3 is 19.1 Å². The molecule has 170 valence electrons. The number of rotatable bonds is 10. The van der Waals surface area contributed by atoms with Crippen molar-refractivity contribution >= 4 is 11.9 Å². The standard InChI is InChI=1S/C23H33N3O5/c1-15(2)12-26-17(4)21(16(3)24-26)11-22(27)25(14-23(28)31-7)13-18-8-19(29-5)10-20(9-18)30-6/h8-10,15H,11-14H2,1-7H3. The van der Waals surface area contributed by atoms with Gasteiger partial charge >= 0.3 is 5.97 Å². The highest BCUT2D eigenvalue weighted by Crippen LogP contribution is 2.24. The number of carbonyl (C=O) groups is 2. The van der Waals surface area contributed by atoms with Crippen LogP contribution in [0.5, 0.6) is 11.5 Å². The van der Waals surface area contributed by atoms with E-state index in [0.717, 1.165) is 29.1 Å². The molecular formula is C23H33N3O5. The average molecular weight is 432 g/mol. The number of aromatic nitrogens is 2. The Labute approximate surface area is 184 Å². The highest BCUT2D eigenvalue weighted by atomic mass is 16.5. The molecule has 8 heteroatoms. The van der Waals surface area contributed by atoms with Crippen LogP contribution in [0.15, 0.2) is 18.2 Å². The van der Waals surface area contributed by atoms with E-state index >= 15 is 0 Å². The van der Waals surface area contributed by atoms with E-state index in [1.54, 1.807) is 20.3 Å². The van der Waals surface area contributed by atoms with Gasteiger partial charge in [0, 0.05) is 30.4 Å². The molecular weight excluding hydrogens is 398 g/mol. The Morgan fingerprint density at radius 2 is 1.68 bits per heavy atom. The summed E-state index contributed by atoms with van der Waals surface area (Å²) in [5.74, 6) is 1.01. The molecule has 1 aromatic heterocycles. The Morgan fingerprint density at radius 3 is 2.19 bits per heavy atom. The molecule has 0 saturated heterocycles. The fourth-order valence-electron chi connectivity index (χ4n) is 3.41. The quantitative estimate of drug-likeness (QED) is 0.538. The van der Waals surface area contributed by atoms with Gasteiger partial charge in [-0.2, -0.15) is 5.10 Å². The van der Waals surface area contributed by atoms with Gasteiger partial charge in [0.1, 0.15) is 18.0 Å². The van der Waals surface area contributed by atoms with Crippen molar-refractivity contribution in [1.82, 2.24) is 14.7 Å². The Morgan fingerprint density at radius 1 is 1.06 bits per heavy atom. The van der Waals surface area contributed by atoms with Crippen LogP contribution in [0.1, 0.15) is 36.4 Å². The van der Waals surface area contributed by atoms with Crippen molar-refractivity contribution in [3.05, 3.63) is 40.7 Å². The van der Waals surface area contributed by atoms with Crippen molar-refractivity contribution in [3.8, 4) is 11.5 Å². The van der Waals surface area contributed by atoms with Crippen LogP contribution in [-0.2, 0) is 33.8 Å². The van der Waals surface area contributed by atoms with E-state index in [1.807, 2.05) is 30.7 Å². The molecule has 1 aromatic carbocycles. The molecule has 1 heterocycles. The van der Waals surface area contributed by atoms with Crippen molar-refractivity contribution in [1.29, 1.82) is 0 Å². The molecule has 2 rings (SSSR count). The lowest BCUT2D eigenvalue weighted by atomic mass is 10.1. The minimum atomic E-state index is -0.479. The Kier molecular flexibility index (Phi) is 8.47. The van der Waals surface area contributed by atoms with Crippen LogP contribution in [0.4, 0.5) is 0 Å². The predicted octanol–water partition coefficient (Wildman–Crippen LogP) is 2.92. The second kappa shape index (κ2) is 10.8. The van der Waals surface area contributed by atoms with Crippen molar-refractivity contribution in [2.45, 2.75) is 47.2 Å². The molecule has 2 aromatic rings. The lowest BCUT2D eigenvalue weighted by Gasteiger charge is -2.22. The number of aryl methyl sites for hydroxylation is 1. The summed E-state index contributed by atoms with van der Waals surface area (Å²) < 4.78 is 17.4. The summed E-state index contributed by atoms with van der Waals surface area (Å²) in [6.45, 7) is 9.00. The monoisotopic (exact) mass is 431 g/mol. The van der Waals surface area contributed by atoms with E-state index in [4.69, 9.17) is 14.2 Å². The van der Waals surface area contributed by atoms with Gasteiger partial charge in [0.25, 0.3) is 0 Å². The number of carbonyl (C=O) groups excluding carboxylic acids is 2. The van der Waals surface area contributed by atoms with Gasteiger partial charge in [0.05, 0.1) is 33.4 Å². The fourth-order valence-corrected chi connectivity index (χ4v) is 3.41. The highest BCUT2D eigenvalue weighted by Gasteiger charge is 2.22. The topological polar surface area (TPSA) is 82.9 Å². The number of benzene rings is 1. The minimum absolute atomic E-state index is 0.146. The molecule has 0 unspecified atom stereocenters. The predicted molar refractivity (Wildman–Crippen MR) is 117 cm³/mol. The third-order valence-corrected chi connectivity index (χ3v) is 5.08. The molecule has 0 atom stereocenters. The minimum Gasteiger partial charge on any atom is -0.497 e.